The summed E-state index contributed by atoms with van der Waals surface area (Å²) in [5, 5.41) is 0. The van der Waals surface area contributed by atoms with E-state index in [1.54, 1.807) is 18.2 Å². The van der Waals surface area contributed by atoms with E-state index in [1.807, 2.05) is 0 Å². The van der Waals surface area contributed by atoms with Gasteiger partial charge in [-0.15, -0.1) is 0 Å². The van der Waals surface area contributed by atoms with Crippen molar-refractivity contribution >= 4 is 11.7 Å². The molecule has 1 aromatic rings. The maximum Gasteiger partial charge on any atom is 0.342 e. The summed E-state index contributed by atoms with van der Waals surface area (Å²) < 4.78 is 15.6. The van der Waals surface area contributed by atoms with Crippen LogP contribution in [0.25, 0.3) is 0 Å². The molecule has 20 heavy (non-hydrogen) atoms. The van der Waals surface area contributed by atoms with Crippen LogP contribution in [0.4, 0.5) is 5.69 Å². The Bertz CT molecular complexity index is 432. The molecule has 1 aromatic carbocycles. The van der Waals surface area contributed by atoms with Gasteiger partial charge < -0.3 is 19.9 Å². The third-order valence-electron chi connectivity index (χ3n) is 2.74. The quantitative estimate of drug-likeness (QED) is 0.450. The molecule has 0 aliphatic rings. The number of benzene rings is 1. The number of methoxy groups -OCH3 is 1. The summed E-state index contributed by atoms with van der Waals surface area (Å²) in [5.74, 6) is 0.598. The number of rotatable bonds is 8. The molecule has 112 valence electrons. The lowest BCUT2D eigenvalue weighted by Crippen LogP contribution is -2.13. The van der Waals surface area contributed by atoms with Crippen LogP contribution in [0.1, 0.15) is 30.6 Å². The summed E-state index contributed by atoms with van der Waals surface area (Å²) in [4.78, 5) is 11.9. The van der Waals surface area contributed by atoms with Gasteiger partial charge in [-0.1, -0.05) is 13.8 Å². The number of ether oxygens (including phenoxy) is 3. The topological polar surface area (TPSA) is 70.8 Å². The number of hydrogen-bond donors (Lipinski definition) is 1. The molecule has 0 saturated carbocycles. The minimum absolute atomic E-state index is 0.217. The summed E-state index contributed by atoms with van der Waals surface area (Å²) in [6.07, 6.45) is 0.997. The predicted molar refractivity (Wildman–Crippen MR) is 78.0 cm³/mol. The highest BCUT2D eigenvalue weighted by Gasteiger charge is 2.13. The molecule has 0 saturated heterocycles. The van der Waals surface area contributed by atoms with E-state index in [-0.39, 0.29) is 6.61 Å². The Kier molecular flexibility index (Phi) is 6.87. The average molecular weight is 281 g/mol. The Balaban J connectivity index is 2.37. The van der Waals surface area contributed by atoms with Crippen molar-refractivity contribution in [2.24, 2.45) is 5.92 Å². The highest BCUT2D eigenvalue weighted by atomic mass is 16.6. The van der Waals surface area contributed by atoms with Gasteiger partial charge >= 0.3 is 5.97 Å². The summed E-state index contributed by atoms with van der Waals surface area (Å²) in [6.45, 7) is 5.56. The molecule has 5 nitrogen and oxygen atoms in total. The largest absolute Gasteiger partial charge is 0.496 e. The number of nitrogens with two attached hydrogens (primary N) is 1. The molecular weight excluding hydrogens is 258 g/mol. The van der Waals surface area contributed by atoms with Gasteiger partial charge in [0.2, 0.25) is 0 Å². The van der Waals surface area contributed by atoms with E-state index in [4.69, 9.17) is 19.9 Å². The van der Waals surface area contributed by atoms with Crippen molar-refractivity contribution in [3.63, 3.8) is 0 Å². The molecule has 0 fully saturated rings. The van der Waals surface area contributed by atoms with Crippen molar-refractivity contribution < 1.29 is 19.0 Å². The van der Waals surface area contributed by atoms with E-state index in [9.17, 15) is 4.79 Å². The minimum atomic E-state index is -0.457. The van der Waals surface area contributed by atoms with Crippen LogP contribution < -0.4 is 10.5 Å². The van der Waals surface area contributed by atoms with E-state index in [0.717, 1.165) is 6.42 Å². The van der Waals surface area contributed by atoms with Crippen LogP contribution in [0.3, 0.4) is 0 Å². The molecule has 0 aliphatic heterocycles. The van der Waals surface area contributed by atoms with Gasteiger partial charge in [0.15, 0.2) is 0 Å². The SMILES string of the molecule is COc1ccc(N)cc1C(=O)OCCOCCC(C)C. The van der Waals surface area contributed by atoms with Gasteiger partial charge in [0, 0.05) is 12.3 Å². The van der Waals surface area contributed by atoms with E-state index < -0.39 is 5.97 Å². The molecule has 0 radical (unpaired) electrons. The lowest BCUT2D eigenvalue weighted by molar-refractivity contribution is 0.0300. The monoisotopic (exact) mass is 281 g/mol. The first-order valence-electron chi connectivity index (χ1n) is 6.73. The summed E-state index contributed by atoms with van der Waals surface area (Å²) in [7, 11) is 1.50. The Labute approximate surface area is 120 Å². The predicted octanol–water partition coefficient (Wildman–Crippen LogP) is 2.50. The highest BCUT2D eigenvalue weighted by Crippen LogP contribution is 2.21. The molecule has 5 heteroatoms. The van der Waals surface area contributed by atoms with Crippen LogP contribution in [0.15, 0.2) is 18.2 Å². The second-order valence-corrected chi connectivity index (χ2v) is 4.89. The fourth-order valence-corrected chi connectivity index (χ4v) is 1.58. The number of hydrogen-bond acceptors (Lipinski definition) is 5. The van der Waals surface area contributed by atoms with Crippen molar-refractivity contribution in [2.45, 2.75) is 20.3 Å². The standard InChI is InChI=1S/C15H23NO4/c1-11(2)6-7-19-8-9-20-15(17)13-10-12(16)4-5-14(13)18-3/h4-5,10-11H,6-9,16H2,1-3H3. The number of carbonyl (C=O) groups excluding carboxylic acids is 1. The molecule has 0 amide bonds. The summed E-state index contributed by atoms with van der Waals surface area (Å²) in [6, 6.07) is 4.86. The summed E-state index contributed by atoms with van der Waals surface area (Å²) in [5.41, 5.74) is 6.47. The maximum atomic E-state index is 11.9. The third-order valence-corrected chi connectivity index (χ3v) is 2.74. The first-order valence-corrected chi connectivity index (χ1v) is 6.73. The van der Waals surface area contributed by atoms with Crippen LogP contribution in [0.5, 0.6) is 5.75 Å². The van der Waals surface area contributed by atoms with Gasteiger partial charge in [-0.2, -0.15) is 0 Å². The Morgan fingerprint density at radius 2 is 2.00 bits per heavy atom. The number of anilines is 1. The molecule has 0 bridgehead atoms. The molecule has 2 N–H and O–H groups in total. The summed E-state index contributed by atoms with van der Waals surface area (Å²) >= 11 is 0. The normalized spacial score (nSPS) is 10.6. The number of nitrogen functional groups attached to an aromatic ring is 1. The smallest absolute Gasteiger partial charge is 0.342 e. The lowest BCUT2D eigenvalue weighted by Gasteiger charge is -2.10. The number of carbonyl (C=O) groups is 1. The van der Waals surface area contributed by atoms with Crippen LogP contribution in [-0.4, -0.2) is 32.9 Å². The van der Waals surface area contributed by atoms with Crippen molar-refractivity contribution in [3.05, 3.63) is 23.8 Å². The van der Waals surface area contributed by atoms with E-state index in [2.05, 4.69) is 13.8 Å². The van der Waals surface area contributed by atoms with Gasteiger partial charge in [-0.3, -0.25) is 0 Å². The second kappa shape index (κ2) is 8.43. The van der Waals surface area contributed by atoms with Gasteiger partial charge in [0.1, 0.15) is 17.9 Å². The zero-order chi connectivity index (χ0) is 15.0. The van der Waals surface area contributed by atoms with Gasteiger partial charge in [0.05, 0.1) is 13.7 Å². The van der Waals surface area contributed by atoms with E-state index >= 15 is 0 Å². The van der Waals surface area contributed by atoms with Crippen LogP contribution >= 0.6 is 0 Å². The molecule has 0 spiro atoms. The second-order valence-electron chi connectivity index (χ2n) is 4.89. The zero-order valence-electron chi connectivity index (χ0n) is 12.3. The maximum absolute atomic E-state index is 11.9. The molecule has 1 rings (SSSR count). The fraction of sp³-hybridized carbons (Fsp3) is 0.533. The first kappa shape index (κ1) is 16.3. The molecular formula is C15H23NO4. The van der Waals surface area contributed by atoms with E-state index in [0.29, 0.717) is 36.1 Å². The first-order chi connectivity index (χ1) is 9.54. The highest BCUT2D eigenvalue weighted by molar-refractivity contribution is 5.93. The van der Waals surface area contributed by atoms with Crippen LogP contribution in [0.2, 0.25) is 0 Å². The molecule has 0 heterocycles. The minimum Gasteiger partial charge on any atom is -0.496 e. The van der Waals surface area contributed by atoms with Crippen molar-refractivity contribution in [2.75, 3.05) is 32.7 Å². The molecule has 0 atom stereocenters. The zero-order valence-corrected chi connectivity index (χ0v) is 12.3. The van der Waals surface area contributed by atoms with Crippen LogP contribution in [-0.2, 0) is 9.47 Å². The van der Waals surface area contributed by atoms with E-state index in [1.165, 1.54) is 7.11 Å². The van der Waals surface area contributed by atoms with Gasteiger partial charge in [0.25, 0.3) is 0 Å². The third kappa shape index (κ3) is 5.48. The molecule has 0 aliphatic carbocycles. The fourth-order valence-electron chi connectivity index (χ4n) is 1.58. The van der Waals surface area contributed by atoms with Gasteiger partial charge in [-0.05, 0) is 30.5 Å². The lowest BCUT2D eigenvalue weighted by atomic mass is 10.1. The Morgan fingerprint density at radius 1 is 1.25 bits per heavy atom. The van der Waals surface area contributed by atoms with Crippen LogP contribution in [0, 0.1) is 5.92 Å². The van der Waals surface area contributed by atoms with Crippen molar-refractivity contribution in [3.8, 4) is 5.75 Å². The molecule has 0 unspecified atom stereocenters. The van der Waals surface area contributed by atoms with Gasteiger partial charge in [-0.25, -0.2) is 4.79 Å². The molecule has 0 aromatic heterocycles. The number of esters is 1. The Hall–Kier alpha value is -1.75. The Morgan fingerprint density at radius 3 is 2.65 bits per heavy atom. The van der Waals surface area contributed by atoms with Crippen molar-refractivity contribution in [1.82, 2.24) is 0 Å². The average Bonchev–Trinajstić information content (AvgIpc) is 2.42. The van der Waals surface area contributed by atoms with Crippen molar-refractivity contribution in [1.29, 1.82) is 0 Å².